The number of nitrogens with zero attached hydrogens (tertiary/aromatic N) is 2. The molecule has 3 rings (SSSR count). The van der Waals surface area contributed by atoms with Gasteiger partial charge in [-0.3, -0.25) is 0 Å². The van der Waals surface area contributed by atoms with E-state index in [0.29, 0.717) is 12.1 Å². The quantitative estimate of drug-likeness (QED) is 0.814. The smallest absolute Gasteiger partial charge is 0.328 e. The molecule has 0 saturated carbocycles. The lowest BCUT2D eigenvalue weighted by Crippen LogP contribution is -2.11. The standard InChI is InChI=1S/C16H17F3N2/c1-11-20-14-7-2-3-8-15(14)21(11)10-12-5-4-6-13(9-12)16(17,18)19/h4-6,9H,2-3,7-8,10H2,1H3. The van der Waals surface area contributed by atoms with Gasteiger partial charge in [0.15, 0.2) is 0 Å². The number of aryl methyl sites for hydroxylation is 2. The van der Waals surface area contributed by atoms with Crippen molar-refractivity contribution in [3.63, 3.8) is 0 Å². The first-order chi connectivity index (χ1) is 9.95. The first-order valence-electron chi connectivity index (χ1n) is 7.16. The number of benzene rings is 1. The highest BCUT2D eigenvalue weighted by Gasteiger charge is 2.30. The van der Waals surface area contributed by atoms with E-state index in [9.17, 15) is 13.2 Å². The van der Waals surface area contributed by atoms with Gasteiger partial charge >= 0.3 is 6.18 Å². The zero-order valence-electron chi connectivity index (χ0n) is 11.9. The molecule has 0 unspecified atom stereocenters. The number of imidazole rings is 1. The summed E-state index contributed by atoms with van der Waals surface area (Å²) in [5.74, 6) is 0.888. The van der Waals surface area contributed by atoms with Crippen molar-refractivity contribution in [2.45, 2.75) is 45.3 Å². The molecular weight excluding hydrogens is 277 g/mol. The van der Waals surface area contributed by atoms with Gasteiger partial charge in [0.25, 0.3) is 0 Å². The van der Waals surface area contributed by atoms with Gasteiger partial charge in [-0.2, -0.15) is 13.2 Å². The molecule has 0 radical (unpaired) electrons. The Hall–Kier alpha value is -1.78. The summed E-state index contributed by atoms with van der Waals surface area (Å²) < 4.78 is 40.4. The second-order valence-electron chi connectivity index (χ2n) is 5.54. The van der Waals surface area contributed by atoms with Crippen LogP contribution in [0.5, 0.6) is 0 Å². The van der Waals surface area contributed by atoms with Gasteiger partial charge in [-0.25, -0.2) is 4.98 Å². The third-order valence-corrected chi connectivity index (χ3v) is 4.02. The molecule has 1 aromatic heterocycles. The third-order valence-electron chi connectivity index (χ3n) is 4.02. The van der Waals surface area contributed by atoms with Gasteiger partial charge in [0.1, 0.15) is 5.82 Å². The van der Waals surface area contributed by atoms with Crippen LogP contribution in [0.1, 0.15) is 41.2 Å². The Balaban J connectivity index is 1.92. The van der Waals surface area contributed by atoms with E-state index in [0.717, 1.165) is 43.3 Å². The Kier molecular flexibility index (Phi) is 3.51. The molecule has 0 saturated heterocycles. The van der Waals surface area contributed by atoms with Gasteiger partial charge in [0.2, 0.25) is 0 Å². The maximum absolute atomic E-state index is 12.8. The van der Waals surface area contributed by atoms with Crippen LogP contribution in [0.3, 0.4) is 0 Å². The van der Waals surface area contributed by atoms with Crippen LogP contribution in [0.25, 0.3) is 0 Å². The van der Waals surface area contributed by atoms with Crippen LogP contribution in [0, 0.1) is 6.92 Å². The van der Waals surface area contributed by atoms with E-state index >= 15 is 0 Å². The molecule has 0 fully saturated rings. The SMILES string of the molecule is Cc1nc2c(n1Cc1cccc(C(F)(F)F)c1)CCCC2. The molecule has 0 amide bonds. The zero-order valence-corrected chi connectivity index (χ0v) is 11.9. The van der Waals surface area contributed by atoms with Gasteiger partial charge in [0, 0.05) is 12.2 Å². The highest BCUT2D eigenvalue weighted by Crippen LogP contribution is 2.30. The molecule has 1 aromatic carbocycles. The molecular formula is C16H17F3N2. The van der Waals surface area contributed by atoms with Gasteiger partial charge in [-0.05, 0) is 50.3 Å². The van der Waals surface area contributed by atoms with Crippen molar-refractivity contribution in [1.82, 2.24) is 9.55 Å². The lowest BCUT2D eigenvalue weighted by molar-refractivity contribution is -0.137. The molecule has 1 aliphatic carbocycles. The number of fused-ring (bicyclic) bond motifs is 1. The second kappa shape index (κ2) is 5.20. The molecule has 0 bridgehead atoms. The molecule has 1 heterocycles. The summed E-state index contributed by atoms with van der Waals surface area (Å²) in [6.07, 6.45) is -0.0753. The molecule has 5 heteroatoms. The van der Waals surface area contributed by atoms with Crippen molar-refractivity contribution in [1.29, 1.82) is 0 Å². The first kappa shape index (κ1) is 14.2. The maximum atomic E-state index is 12.8. The lowest BCUT2D eigenvalue weighted by atomic mass is 10.0. The van der Waals surface area contributed by atoms with Crippen molar-refractivity contribution < 1.29 is 13.2 Å². The van der Waals surface area contributed by atoms with Gasteiger partial charge < -0.3 is 4.57 Å². The molecule has 112 valence electrons. The fourth-order valence-corrected chi connectivity index (χ4v) is 2.97. The number of hydrogen-bond donors (Lipinski definition) is 0. The Morgan fingerprint density at radius 2 is 1.95 bits per heavy atom. The van der Waals surface area contributed by atoms with Crippen LogP contribution in [0.2, 0.25) is 0 Å². The highest BCUT2D eigenvalue weighted by molar-refractivity contribution is 5.28. The number of alkyl halides is 3. The predicted molar refractivity (Wildman–Crippen MR) is 74.2 cm³/mol. The molecule has 2 nitrogen and oxygen atoms in total. The predicted octanol–water partition coefficient (Wildman–Crippen LogP) is 4.14. The Morgan fingerprint density at radius 1 is 1.19 bits per heavy atom. The van der Waals surface area contributed by atoms with E-state index in [4.69, 9.17) is 0 Å². The van der Waals surface area contributed by atoms with E-state index in [1.54, 1.807) is 6.07 Å². The number of hydrogen-bond acceptors (Lipinski definition) is 1. The van der Waals surface area contributed by atoms with E-state index in [1.165, 1.54) is 17.8 Å². The molecule has 0 atom stereocenters. The Labute approximate surface area is 121 Å². The van der Waals surface area contributed by atoms with Crippen LogP contribution in [-0.4, -0.2) is 9.55 Å². The fourth-order valence-electron chi connectivity index (χ4n) is 2.97. The molecule has 1 aliphatic rings. The fraction of sp³-hybridized carbons (Fsp3) is 0.438. The van der Waals surface area contributed by atoms with Crippen LogP contribution < -0.4 is 0 Å². The van der Waals surface area contributed by atoms with E-state index < -0.39 is 11.7 Å². The summed E-state index contributed by atoms with van der Waals surface area (Å²) in [4.78, 5) is 4.56. The van der Waals surface area contributed by atoms with Crippen molar-refractivity contribution in [2.75, 3.05) is 0 Å². The summed E-state index contributed by atoms with van der Waals surface area (Å²) in [6.45, 7) is 2.38. The summed E-state index contributed by atoms with van der Waals surface area (Å²) in [6, 6.07) is 5.55. The van der Waals surface area contributed by atoms with Crippen LogP contribution in [-0.2, 0) is 25.6 Å². The second-order valence-corrected chi connectivity index (χ2v) is 5.54. The van der Waals surface area contributed by atoms with E-state index in [2.05, 4.69) is 9.55 Å². The average Bonchev–Trinajstić information content (AvgIpc) is 2.75. The van der Waals surface area contributed by atoms with E-state index in [-0.39, 0.29) is 0 Å². The monoisotopic (exact) mass is 294 g/mol. The van der Waals surface area contributed by atoms with Crippen molar-refractivity contribution in [3.05, 3.63) is 52.6 Å². The van der Waals surface area contributed by atoms with E-state index in [1.807, 2.05) is 6.92 Å². The minimum Gasteiger partial charge on any atom is -0.328 e. The first-order valence-corrected chi connectivity index (χ1v) is 7.16. The van der Waals surface area contributed by atoms with Crippen LogP contribution >= 0.6 is 0 Å². The molecule has 2 aromatic rings. The minimum atomic E-state index is -4.29. The van der Waals surface area contributed by atoms with Crippen LogP contribution in [0.15, 0.2) is 24.3 Å². The van der Waals surface area contributed by atoms with Gasteiger partial charge in [-0.1, -0.05) is 12.1 Å². The van der Waals surface area contributed by atoms with Crippen LogP contribution in [0.4, 0.5) is 13.2 Å². The van der Waals surface area contributed by atoms with Gasteiger partial charge in [0.05, 0.1) is 11.3 Å². The minimum absolute atomic E-state index is 0.456. The third kappa shape index (κ3) is 2.82. The summed E-state index contributed by atoms with van der Waals surface area (Å²) in [5, 5.41) is 0. The largest absolute Gasteiger partial charge is 0.416 e. The summed E-state index contributed by atoms with van der Waals surface area (Å²) in [5.41, 5.74) is 2.38. The summed E-state index contributed by atoms with van der Waals surface area (Å²) in [7, 11) is 0. The number of aromatic nitrogens is 2. The van der Waals surface area contributed by atoms with Crippen molar-refractivity contribution >= 4 is 0 Å². The molecule has 0 spiro atoms. The number of rotatable bonds is 2. The molecule has 0 aliphatic heterocycles. The normalized spacial score (nSPS) is 15.0. The summed E-state index contributed by atoms with van der Waals surface area (Å²) >= 11 is 0. The maximum Gasteiger partial charge on any atom is 0.416 e. The Morgan fingerprint density at radius 3 is 2.71 bits per heavy atom. The van der Waals surface area contributed by atoms with Crippen molar-refractivity contribution in [3.8, 4) is 0 Å². The Bertz CT molecular complexity index is 656. The van der Waals surface area contributed by atoms with Gasteiger partial charge in [-0.15, -0.1) is 0 Å². The average molecular weight is 294 g/mol. The topological polar surface area (TPSA) is 17.8 Å². The zero-order chi connectivity index (χ0) is 15.0. The van der Waals surface area contributed by atoms with Crippen molar-refractivity contribution in [2.24, 2.45) is 0 Å². The molecule has 0 N–H and O–H groups in total. The highest BCUT2D eigenvalue weighted by atomic mass is 19.4. The lowest BCUT2D eigenvalue weighted by Gasteiger charge is -2.15. The molecule has 21 heavy (non-hydrogen) atoms. The number of halogens is 3.